The van der Waals surface area contributed by atoms with Crippen molar-refractivity contribution in [2.24, 2.45) is 0 Å². The van der Waals surface area contributed by atoms with E-state index in [4.69, 9.17) is 0 Å². The Morgan fingerprint density at radius 3 is 3.20 bits per heavy atom. The van der Waals surface area contributed by atoms with Gasteiger partial charge in [0, 0.05) is 6.42 Å². The fraction of sp³-hybridized carbons (Fsp3) is 0.375. The summed E-state index contributed by atoms with van der Waals surface area (Å²) in [5, 5.41) is 0. The highest BCUT2D eigenvalue weighted by Gasteiger charge is 1.81. The summed E-state index contributed by atoms with van der Waals surface area (Å²) in [6, 6.07) is 0. The first kappa shape index (κ1) is 6.88. The van der Waals surface area contributed by atoms with E-state index >= 15 is 0 Å². The molecule has 0 aromatic carbocycles. The van der Waals surface area contributed by atoms with E-state index in [0.29, 0.717) is 0 Å². The van der Waals surface area contributed by atoms with Gasteiger partial charge in [0.05, 0.1) is 12.5 Å². The molecule has 0 spiro atoms. The molecule has 1 N–H and O–H groups in total. The highest BCUT2D eigenvalue weighted by molar-refractivity contribution is 5.23. The molecule has 2 heteroatoms. The van der Waals surface area contributed by atoms with Crippen molar-refractivity contribution in [1.29, 1.82) is 0 Å². The van der Waals surface area contributed by atoms with Crippen molar-refractivity contribution in [3.63, 3.8) is 0 Å². The summed E-state index contributed by atoms with van der Waals surface area (Å²) in [5.41, 5.74) is 0.897. The van der Waals surface area contributed by atoms with Gasteiger partial charge >= 0.3 is 0 Å². The third kappa shape index (κ3) is 1.94. The molecule has 0 atom stereocenters. The van der Waals surface area contributed by atoms with Crippen LogP contribution in [0.4, 0.5) is 0 Å². The normalized spacial score (nSPS) is 8.50. The zero-order valence-corrected chi connectivity index (χ0v) is 6.02. The minimum absolute atomic E-state index is 0.897. The van der Waals surface area contributed by atoms with E-state index in [-0.39, 0.29) is 0 Å². The molecule has 0 aliphatic heterocycles. The molecule has 1 aromatic rings. The second-order valence-electron chi connectivity index (χ2n) is 2.02. The highest BCUT2D eigenvalue weighted by Crippen LogP contribution is 1.87. The Morgan fingerprint density at radius 1 is 1.70 bits per heavy atom. The molecule has 52 valence electrons. The van der Waals surface area contributed by atoms with Gasteiger partial charge in [-0.3, -0.25) is 0 Å². The average molecular weight is 134 g/mol. The number of aromatic nitrogens is 2. The lowest BCUT2D eigenvalue weighted by molar-refractivity contribution is 0.983. The quantitative estimate of drug-likeness (QED) is 0.580. The van der Waals surface area contributed by atoms with Crippen LogP contribution in [0.1, 0.15) is 25.5 Å². The molecule has 1 heterocycles. The Labute approximate surface area is 60.7 Å². The summed E-state index contributed by atoms with van der Waals surface area (Å²) in [4.78, 5) is 6.75. The Bertz CT molecular complexity index is 226. The lowest BCUT2D eigenvalue weighted by Crippen LogP contribution is -1.69. The fourth-order valence-electron chi connectivity index (χ4n) is 0.607. The van der Waals surface area contributed by atoms with Crippen LogP contribution in [0.15, 0.2) is 12.5 Å². The number of unbranched alkanes of at least 4 members (excludes halogenated alkanes) is 1. The second kappa shape index (κ2) is 3.73. The third-order valence-corrected chi connectivity index (χ3v) is 1.10. The highest BCUT2D eigenvalue weighted by atomic mass is 14.8. The van der Waals surface area contributed by atoms with Crippen molar-refractivity contribution in [3.8, 4) is 11.8 Å². The largest absolute Gasteiger partial charge is 0.338 e. The lowest BCUT2D eigenvalue weighted by atomic mass is 10.3. The Morgan fingerprint density at radius 2 is 2.60 bits per heavy atom. The predicted octanol–water partition coefficient (Wildman–Crippen LogP) is 1.56. The Kier molecular flexibility index (Phi) is 2.57. The van der Waals surface area contributed by atoms with Crippen molar-refractivity contribution in [2.45, 2.75) is 19.8 Å². The molecule has 0 amide bonds. The molecule has 0 fully saturated rings. The zero-order valence-electron chi connectivity index (χ0n) is 6.02. The van der Waals surface area contributed by atoms with E-state index in [2.05, 4.69) is 28.7 Å². The smallest absolute Gasteiger partial charge is 0.109 e. The Hall–Kier alpha value is -1.23. The van der Waals surface area contributed by atoms with E-state index in [1.54, 1.807) is 12.5 Å². The van der Waals surface area contributed by atoms with Crippen LogP contribution in [0.5, 0.6) is 0 Å². The summed E-state index contributed by atoms with van der Waals surface area (Å²) in [6.07, 6.45) is 5.43. The van der Waals surface area contributed by atoms with Gasteiger partial charge in [0.2, 0.25) is 0 Å². The van der Waals surface area contributed by atoms with Crippen molar-refractivity contribution >= 4 is 0 Å². The van der Waals surface area contributed by atoms with E-state index in [1.807, 2.05) is 0 Å². The fourth-order valence-corrected chi connectivity index (χ4v) is 0.607. The van der Waals surface area contributed by atoms with Gasteiger partial charge in [-0.1, -0.05) is 12.8 Å². The van der Waals surface area contributed by atoms with Crippen LogP contribution in [0.3, 0.4) is 0 Å². The maximum atomic E-state index is 3.84. The molecule has 0 aliphatic rings. The molecular formula is C8H10N2. The van der Waals surface area contributed by atoms with Gasteiger partial charge in [0.1, 0.15) is 5.69 Å². The number of imidazole rings is 1. The zero-order chi connectivity index (χ0) is 7.23. The molecular weight excluding hydrogens is 124 g/mol. The number of hydrogen-bond acceptors (Lipinski definition) is 1. The van der Waals surface area contributed by atoms with Gasteiger partial charge in [-0.15, -0.1) is 0 Å². The number of H-pyrrole nitrogens is 1. The van der Waals surface area contributed by atoms with Crippen molar-refractivity contribution < 1.29 is 0 Å². The molecule has 1 aromatic heterocycles. The van der Waals surface area contributed by atoms with Crippen LogP contribution in [0.2, 0.25) is 0 Å². The van der Waals surface area contributed by atoms with Crippen molar-refractivity contribution in [2.75, 3.05) is 0 Å². The topological polar surface area (TPSA) is 28.7 Å². The molecule has 0 unspecified atom stereocenters. The molecule has 0 bridgehead atoms. The average Bonchev–Trinajstić information content (AvgIpc) is 2.41. The molecule has 0 radical (unpaired) electrons. The Balaban J connectivity index is 2.49. The molecule has 0 saturated heterocycles. The number of nitrogens with zero attached hydrogens (tertiary/aromatic N) is 1. The van der Waals surface area contributed by atoms with Crippen LogP contribution in [0.25, 0.3) is 0 Å². The molecule has 0 saturated carbocycles. The molecule has 10 heavy (non-hydrogen) atoms. The minimum atomic E-state index is 0.897. The first-order valence-corrected chi connectivity index (χ1v) is 3.40. The summed E-state index contributed by atoms with van der Waals surface area (Å²) in [5.74, 6) is 5.97. The first-order valence-electron chi connectivity index (χ1n) is 3.40. The molecule has 0 aliphatic carbocycles. The molecule has 2 nitrogen and oxygen atoms in total. The van der Waals surface area contributed by atoms with Gasteiger partial charge in [-0.25, -0.2) is 4.98 Å². The van der Waals surface area contributed by atoms with Crippen molar-refractivity contribution in [1.82, 2.24) is 9.97 Å². The van der Waals surface area contributed by atoms with Gasteiger partial charge in [0.25, 0.3) is 0 Å². The number of rotatable bonds is 1. The molecule has 1 rings (SSSR count). The van der Waals surface area contributed by atoms with Crippen molar-refractivity contribution in [3.05, 3.63) is 18.2 Å². The summed E-state index contributed by atoms with van der Waals surface area (Å²) in [6.45, 7) is 2.11. The van der Waals surface area contributed by atoms with Gasteiger partial charge in [-0.2, -0.15) is 0 Å². The number of aromatic amines is 1. The van der Waals surface area contributed by atoms with Crippen LogP contribution in [0, 0.1) is 11.8 Å². The summed E-state index contributed by atoms with van der Waals surface area (Å²) < 4.78 is 0. The maximum absolute atomic E-state index is 3.84. The van der Waals surface area contributed by atoms with Gasteiger partial charge in [-0.05, 0) is 12.3 Å². The monoisotopic (exact) mass is 134 g/mol. The summed E-state index contributed by atoms with van der Waals surface area (Å²) in [7, 11) is 0. The van der Waals surface area contributed by atoms with E-state index in [9.17, 15) is 0 Å². The van der Waals surface area contributed by atoms with Gasteiger partial charge in [0.15, 0.2) is 0 Å². The van der Waals surface area contributed by atoms with Crippen LogP contribution < -0.4 is 0 Å². The number of hydrogen-bond donors (Lipinski definition) is 1. The lowest BCUT2D eigenvalue weighted by Gasteiger charge is -1.77. The van der Waals surface area contributed by atoms with Crippen LogP contribution in [-0.2, 0) is 0 Å². The minimum Gasteiger partial charge on any atom is -0.338 e. The van der Waals surface area contributed by atoms with Gasteiger partial charge < -0.3 is 4.98 Å². The third-order valence-electron chi connectivity index (χ3n) is 1.10. The maximum Gasteiger partial charge on any atom is 0.109 e. The van der Waals surface area contributed by atoms with Crippen LogP contribution >= 0.6 is 0 Å². The van der Waals surface area contributed by atoms with E-state index < -0.39 is 0 Å². The predicted molar refractivity (Wildman–Crippen MR) is 40.4 cm³/mol. The SMILES string of the molecule is CCCC#Cc1cnc[nH]1. The van der Waals surface area contributed by atoms with E-state index in [0.717, 1.165) is 18.5 Å². The standard InChI is InChI=1S/C8H10N2/c1-2-3-4-5-8-6-9-7-10-8/h6-7H,2-3H2,1H3,(H,9,10). The summed E-state index contributed by atoms with van der Waals surface area (Å²) >= 11 is 0. The second-order valence-corrected chi connectivity index (χ2v) is 2.02. The van der Waals surface area contributed by atoms with Crippen LogP contribution in [-0.4, -0.2) is 9.97 Å². The number of nitrogens with one attached hydrogen (secondary N) is 1. The first-order chi connectivity index (χ1) is 4.93. The van der Waals surface area contributed by atoms with E-state index in [1.165, 1.54) is 0 Å².